The molecule has 0 saturated heterocycles. The summed E-state index contributed by atoms with van der Waals surface area (Å²) in [6, 6.07) is 8.78. The van der Waals surface area contributed by atoms with E-state index >= 15 is 0 Å². The van der Waals surface area contributed by atoms with E-state index in [1.54, 1.807) is 24.3 Å². The Balaban J connectivity index is 1.77. The van der Waals surface area contributed by atoms with Crippen LogP contribution in [0.1, 0.15) is 35.6 Å². The quantitative estimate of drug-likeness (QED) is 0.467. The monoisotopic (exact) mass is 357 g/mol. The van der Waals surface area contributed by atoms with Crippen molar-refractivity contribution in [3.8, 4) is 0 Å². The highest BCUT2D eigenvalue weighted by molar-refractivity contribution is 7.15. The molecule has 2 aromatic rings. The molecule has 6 nitrogen and oxygen atoms in total. The average molecular weight is 357 g/mol. The summed E-state index contributed by atoms with van der Waals surface area (Å²) in [4.78, 5) is 24.9. The molecule has 1 aromatic heterocycles. The highest BCUT2D eigenvalue weighted by atomic mass is 32.1. The molecule has 0 bridgehead atoms. The maximum atomic E-state index is 12.5. The Morgan fingerprint density at radius 3 is 2.64 bits per heavy atom. The van der Waals surface area contributed by atoms with Gasteiger partial charge in [-0.1, -0.05) is 55.5 Å². The smallest absolute Gasteiger partial charge is 0.292 e. The maximum Gasteiger partial charge on any atom is 0.292 e. The number of hydrogen-bond donors (Lipinski definition) is 1. The fourth-order valence-corrected chi connectivity index (χ4v) is 2.85. The van der Waals surface area contributed by atoms with Crippen LogP contribution in [0, 0.1) is 5.92 Å². The summed E-state index contributed by atoms with van der Waals surface area (Å²) >= 11 is 1.31. The largest absolute Gasteiger partial charge is 0.484 e. The number of allylic oxidation sites excluding steroid dienone is 1. The van der Waals surface area contributed by atoms with Gasteiger partial charge >= 0.3 is 0 Å². The van der Waals surface area contributed by atoms with Gasteiger partial charge in [0, 0.05) is 11.6 Å². The normalized spacial score (nSPS) is 19.4. The minimum atomic E-state index is -0.484. The third-order valence-electron chi connectivity index (χ3n) is 3.85. The molecule has 1 aliphatic rings. The second kappa shape index (κ2) is 7.57. The molecule has 1 N–H and O–H groups in total. The highest BCUT2D eigenvalue weighted by Crippen LogP contribution is 2.34. The Bertz CT molecular complexity index is 801. The van der Waals surface area contributed by atoms with E-state index in [9.17, 15) is 9.59 Å². The number of ketones is 1. The number of nitrogens with zero attached hydrogens (tertiary/aromatic N) is 2. The molecular weight excluding hydrogens is 338 g/mol. The zero-order valence-corrected chi connectivity index (χ0v) is 14.9. The standard InChI is InChI=1S/C18H19N3O3S/c1-3-16-20-21-18(25-16)19-17(23)15(24-14-9-11(14)2)10-13(22)12-7-5-4-6-8-12/h4-8,10-11,14H,3,9H2,1-2H3,(H,19,21,23)/b15-10-. The summed E-state index contributed by atoms with van der Waals surface area (Å²) in [6.07, 6.45) is 2.85. The van der Waals surface area contributed by atoms with Crippen molar-refractivity contribution in [3.05, 3.63) is 52.7 Å². The van der Waals surface area contributed by atoms with Crippen molar-refractivity contribution in [2.75, 3.05) is 5.32 Å². The van der Waals surface area contributed by atoms with Crippen molar-refractivity contribution in [1.82, 2.24) is 10.2 Å². The first-order valence-electron chi connectivity index (χ1n) is 8.18. The number of benzene rings is 1. The number of ether oxygens (including phenoxy) is 1. The van der Waals surface area contributed by atoms with E-state index in [1.165, 1.54) is 17.4 Å². The number of rotatable bonds is 7. The fraction of sp³-hybridized carbons (Fsp3) is 0.333. The van der Waals surface area contributed by atoms with Gasteiger partial charge in [-0.25, -0.2) is 0 Å². The van der Waals surface area contributed by atoms with Crippen LogP contribution >= 0.6 is 11.3 Å². The molecule has 3 rings (SSSR count). The van der Waals surface area contributed by atoms with E-state index in [0.29, 0.717) is 16.6 Å². The molecule has 25 heavy (non-hydrogen) atoms. The Kier molecular flexibility index (Phi) is 5.23. The van der Waals surface area contributed by atoms with Gasteiger partial charge in [0.1, 0.15) is 11.1 Å². The number of nitrogens with one attached hydrogen (secondary N) is 1. The summed E-state index contributed by atoms with van der Waals surface area (Å²) in [5.74, 6) is -0.361. The maximum absolute atomic E-state index is 12.5. The lowest BCUT2D eigenvalue weighted by Crippen LogP contribution is -2.19. The van der Waals surface area contributed by atoms with Crippen molar-refractivity contribution in [2.45, 2.75) is 32.8 Å². The van der Waals surface area contributed by atoms with Crippen LogP contribution in [0.2, 0.25) is 0 Å². The Morgan fingerprint density at radius 2 is 2.04 bits per heavy atom. The van der Waals surface area contributed by atoms with Crippen LogP contribution in [0.25, 0.3) is 0 Å². The molecule has 7 heteroatoms. The SMILES string of the molecule is CCc1nnc(NC(=O)/C(=C/C(=O)c2ccccc2)OC2CC2C)s1. The van der Waals surface area contributed by atoms with E-state index in [-0.39, 0.29) is 17.6 Å². The second-order valence-electron chi connectivity index (χ2n) is 5.92. The lowest BCUT2D eigenvalue weighted by molar-refractivity contribution is -0.116. The summed E-state index contributed by atoms with van der Waals surface area (Å²) in [5.41, 5.74) is 0.504. The lowest BCUT2D eigenvalue weighted by atomic mass is 10.1. The van der Waals surface area contributed by atoms with Crippen LogP contribution in [0.15, 0.2) is 42.2 Å². The molecule has 1 amide bonds. The van der Waals surface area contributed by atoms with E-state index in [2.05, 4.69) is 15.5 Å². The molecule has 1 saturated carbocycles. The summed E-state index contributed by atoms with van der Waals surface area (Å²) in [7, 11) is 0. The van der Waals surface area contributed by atoms with Gasteiger partial charge in [-0.2, -0.15) is 0 Å². The molecule has 0 aliphatic heterocycles. The molecule has 130 valence electrons. The summed E-state index contributed by atoms with van der Waals surface area (Å²) in [6.45, 7) is 4.01. The number of carbonyl (C=O) groups is 2. The van der Waals surface area contributed by atoms with Crippen molar-refractivity contribution >= 4 is 28.2 Å². The Hall–Kier alpha value is -2.54. The molecule has 2 unspecified atom stereocenters. The minimum absolute atomic E-state index is 0.0106. The van der Waals surface area contributed by atoms with Crippen LogP contribution in [-0.4, -0.2) is 28.0 Å². The molecule has 1 aromatic carbocycles. The molecule has 2 atom stereocenters. The highest BCUT2D eigenvalue weighted by Gasteiger charge is 2.37. The van der Waals surface area contributed by atoms with Crippen LogP contribution < -0.4 is 5.32 Å². The Labute approximate surface area is 149 Å². The zero-order valence-electron chi connectivity index (χ0n) is 14.1. The van der Waals surface area contributed by atoms with Crippen LogP contribution in [0.3, 0.4) is 0 Å². The molecule has 1 fully saturated rings. The van der Waals surface area contributed by atoms with E-state index < -0.39 is 5.91 Å². The van der Waals surface area contributed by atoms with Gasteiger partial charge in [-0.05, 0) is 18.8 Å². The van der Waals surface area contributed by atoms with E-state index in [1.807, 2.05) is 19.9 Å². The summed E-state index contributed by atoms with van der Waals surface area (Å²) in [5, 5.41) is 11.8. The van der Waals surface area contributed by atoms with Gasteiger partial charge in [-0.15, -0.1) is 10.2 Å². The van der Waals surface area contributed by atoms with E-state index in [4.69, 9.17) is 4.74 Å². The van der Waals surface area contributed by atoms with E-state index in [0.717, 1.165) is 17.8 Å². The molecular formula is C18H19N3O3S. The predicted molar refractivity (Wildman–Crippen MR) is 95.4 cm³/mol. The predicted octanol–water partition coefficient (Wildman–Crippen LogP) is 3.23. The van der Waals surface area contributed by atoms with Crippen molar-refractivity contribution in [1.29, 1.82) is 0 Å². The van der Waals surface area contributed by atoms with Gasteiger partial charge in [0.15, 0.2) is 11.5 Å². The Morgan fingerprint density at radius 1 is 1.32 bits per heavy atom. The van der Waals surface area contributed by atoms with Gasteiger partial charge < -0.3 is 4.74 Å². The first-order chi connectivity index (χ1) is 12.1. The molecule has 1 heterocycles. The fourth-order valence-electron chi connectivity index (χ4n) is 2.18. The number of aryl methyl sites for hydroxylation is 1. The van der Waals surface area contributed by atoms with Crippen LogP contribution in [-0.2, 0) is 16.0 Å². The van der Waals surface area contributed by atoms with Crippen LogP contribution in [0.5, 0.6) is 0 Å². The van der Waals surface area contributed by atoms with Crippen LogP contribution in [0.4, 0.5) is 5.13 Å². The number of aromatic nitrogens is 2. The number of anilines is 1. The summed E-state index contributed by atoms with van der Waals surface area (Å²) < 4.78 is 5.72. The molecule has 0 radical (unpaired) electrons. The number of amides is 1. The number of hydrogen-bond acceptors (Lipinski definition) is 6. The minimum Gasteiger partial charge on any atom is -0.484 e. The molecule has 1 aliphatic carbocycles. The van der Waals surface area contributed by atoms with Gasteiger partial charge in [0.25, 0.3) is 5.91 Å². The second-order valence-corrected chi connectivity index (χ2v) is 6.98. The third kappa shape index (κ3) is 4.51. The lowest BCUT2D eigenvalue weighted by Gasteiger charge is -2.09. The van der Waals surface area contributed by atoms with Crippen molar-refractivity contribution < 1.29 is 14.3 Å². The third-order valence-corrected chi connectivity index (χ3v) is 4.83. The zero-order chi connectivity index (χ0) is 17.8. The van der Waals surface area contributed by atoms with Gasteiger partial charge in [0.05, 0.1) is 0 Å². The average Bonchev–Trinajstić information content (AvgIpc) is 3.13. The van der Waals surface area contributed by atoms with Crippen molar-refractivity contribution in [2.24, 2.45) is 5.92 Å². The van der Waals surface area contributed by atoms with Gasteiger partial charge in [-0.3, -0.25) is 14.9 Å². The first-order valence-corrected chi connectivity index (χ1v) is 9.00. The topological polar surface area (TPSA) is 81.2 Å². The first kappa shape index (κ1) is 17.3. The van der Waals surface area contributed by atoms with Gasteiger partial charge in [0.2, 0.25) is 5.13 Å². The van der Waals surface area contributed by atoms with Crippen molar-refractivity contribution in [3.63, 3.8) is 0 Å². The number of carbonyl (C=O) groups excluding carboxylic acids is 2. The molecule has 0 spiro atoms.